The van der Waals surface area contributed by atoms with Crippen molar-refractivity contribution in [1.82, 2.24) is 0 Å². The van der Waals surface area contributed by atoms with E-state index in [1.807, 2.05) is 6.07 Å². The lowest BCUT2D eigenvalue weighted by atomic mass is 10.0. The maximum absolute atomic E-state index is 13.3. The van der Waals surface area contributed by atoms with Crippen LogP contribution in [0.3, 0.4) is 0 Å². The number of benzene rings is 2. The molecule has 0 unspecified atom stereocenters. The number of hydrogen-bond donors (Lipinski definition) is 0. The molecule has 1 aliphatic heterocycles. The second-order valence-electron chi connectivity index (χ2n) is 6.54. The number of carbonyl (C=O) groups excluding carboxylic acids is 2. The van der Waals surface area contributed by atoms with E-state index in [4.69, 9.17) is 4.42 Å². The topological polar surface area (TPSA) is 50.5 Å². The molecule has 1 amide bonds. The Hall–Kier alpha value is -2.47. The molecule has 4 nitrogen and oxygen atoms in total. The number of carbonyl (C=O) groups is 2. The third kappa shape index (κ3) is 3.08. The van der Waals surface area contributed by atoms with Crippen molar-refractivity contribution in [2.75, 3.05) is 11.4 Å². The van der Waals surface area contributed by atoms with E-state index in [-0.39, 0.29) is 17.5 Å². The Morgan fingerprint density at radius 3 is 2.63 bits per heavy atom. The minimum atomic E-state index is -0.351. The van der Waals surface area contributed by atoms with E-state index in [9.17, 15) is 14.0 Å². The quantitative estimate of drug-likeness (QED) is 0.498. The number of furan rings is 1. The van der Waals surface area contributed by atoms with Gasteiger partial charge in [-0.05, 0) is 52.7 Å². The molecule has 1 aromatic heterocycles. The minimum absolute atomic E-state index is 0.0510. The minimum Gasteiger partial charge on any atom is -0.455 e. The molecule has 2 heterocycles. The first-order valence-corrected chi connectivity index (χ1v) is 9.64. The summed E-state index contributed by atoms with van der Waals surface area (Å²) in [7, 11) is 0. The third-order valence-corrected chi connectivity index (χ3v) is 5.46. The van der Waals surface area contributed by atoms with Crippen LogP contribution in [0.15, 0.2) is 45.3 Å². The number of halogens is 2. The number of nitrogens with zero attached hydrogens (tertiary/aromatic N) is 1. The summed E-state index contributed by atoms with van der Waals surface area (Å²) in [5, 5.41) is 0.684. The van der Waals surface area contributed by atoms with Gasteiger partial charge >= 0.3 is 0 Å². The zero-order valence-electron chi connectivity index (χ0n) is 14.7. The van der Waals surface area contributed by atoms with Gasteiger partial charge in [-0.3, -0.25) is 9.59 Å². The first-order chi connectivity index (χ1) is 13.0. The molecule has 27 heavy (non-hydrogen) atoms. The highest BCUT2D eigenvalue weighted by Crippen LogP contribution is 2.40. The molecule has 0 bridgehead atoms. The Kier molecular flexibility index (Phi) is 4.60. The van der Waals surface area contributed by atoms with Crippen LogP contribution in [0.4, 0.5) is 10.1 Å². The number of rotatable bonds is 4. The highest BCUT2D eigenvalue weighted by atomic mass is 79.9. The highest BCUT2D eigenvalue weighted by Gasteiger charge is 2.27. The van der Waals surface area contributed by atoms with Crippen molar-refractivity contribution in [1.29, 1.82) is 0 Å². The molecule has 4 rings (SSSR count). The Balaban J connectivity index is 1.94. The molecule has 138 valence electrons. The zero-order chi connectivity index (χ0) is 19.1. The van der Waals surface area contributed by atoms with Gasteiger partial charge in [-0.15, -0.1) is 0 Å². The van der Waals surface area contributed by atoms with Gasteiger partial charge in [-0.25, -0.2) is 4.39 Å². The van der Waals surface area contributed by atoms with Crippen LogP contribution in [0, 0.1) is 5.82 Å². The fourth-order valence-electron chi connectivity index (χ4n) is 3.47. The molecule has 3 aromatic rings. The molecule has 1 saturated heterocycles. The number of Topliss-reactive ketones (excluding diaryl/α,β-unsaturated/α-hetero) is 1. The Bertz CT molecular complexity index is 1060. The normalized spacial score (nSPS) is 14.3. The summed E-state index contributed by atoms with van der Waals surface area (Å²) in [5.41, 5.74) is 2.39. The number of hydrogen-bond acceptors (Lipinski definition) is 3. The van der Waals surface area contributed by atoms with E-state index in [0.717, 1.165) is 16.6 Å². The van der Waals surface area contributed by atoms with E-state index in [2.05, 4.69) is 15.9 Å². The first-order valence-electron chi connectivity index (χ1n) is 8.85. The Morgan fingerprint density at radius 1 is 1.26 bits per heavy atom. The van der Waals surface area contributed by atoms with Crippen LogP contribution in [-0.4, -0.2) is 18.2 Å². The maximum atomic E-state index is 13.3. The largest absolute Gasteiger partial charge is 0.455 e. The van der Waals surface area contributed by atoms with Gasteiger partial charge in [-0.2, -0.15) is 0 Å². The molecule has 0 atom stereocenters. The van der Waals surface area contributed by atoms with Crippen molar-refractivity contribution >= 4 is 44.3 Å². The van der Waals surface area contributed by atoms with E-state index in [1.165, 1.54) is 12.1 Å². The first kappa shape index (κ1) is 17.9. The van der Waals surface area contributed by atoms with Crippen molar-refractivity contribution in [3.05, 3.63) is 52.3 Å². The smallest absolute Gasteiger partial charge is 0.227 e. The van der Waals surface area contributed by atoms with Gasteiger partial charge in [0, 0.05) is 40.9 Å². The lowest BCUT2D eigenvalue weighted by Crippen LogP contribution is -2.23. The van der Waals surface area contributed by atoms with Crippen molar-refractivity contribution in [3.63, 3.8) is 0 Å². The fourth-order valence-corrected chi connectivity index (χ4v) is 4.03. The summed E-state index contributed by atoms with van der Waals surface area (Å²) >= 11 is 3.54. The van der Waals surface area contributed by atoms with Gasteiger partial charge in [0.2, 0.25) is 5.91 Å². The molecule has 2 aromatic carbocycles. The highest BCUT2D eigenvalue weighted by molar-refractivity contribution is 9.10. The maximum Gasteiger partial charge on any atom is 0.227 e. The van der Waals surface area contributed by atoms with Gasteiger partial charge in [-0.1, -0.05) is 6.92 Å². The Morgan fingerprint density at radius 2 is 2.00 bits per heavy atom. The molecule has 1 fully saturated rings. The van der Waals surface area contributed by atoms with Crippen LogP contribution in [0.25, 0.3) is 22.3 Å². The summed E-state index contributed by atoms with van der Waals surface area (Å²) in [6, 6.07) is 9.50. The van der Waals surface area contributed by atoms with Gasteiger partial charge in [0.25, 0.3) is 0 Å². The zero-order valence-corrected chi connectivity index (χ0v) is 16.3. The Labute approximate surface area is 164 Å². The van der Waals surface area contributed by atoms with Crippen LogP contribution < -0.4 is 4.90 Å². The lowest BCUT2D eigenvalue weighted by molar-refractivity contribution is -0.117. The standard InChI is InChI=1S/C21H17BrFNO3/c1-2-17(25)20-14-10-15(22)16(24-9-3-4-19(24)26)11-18(14)27-21(20)12-5-7-13(23)8-6-12/h5-8,10-11H,2-4,9H2,1H3. The van der Waals surface area contributed by atoms with Crippen molar-refractivity contribution in [2.24, 2.45) is 0 Å². The molecule has 6 heteroatoms. The average Bonchev–Trinajstić information content (AvgIpc) is 3.24. The van der Waals surface area contributed by atoms with E-state index in [0.29, 0.717) is 47.2 Å². The second kappa shape index (κ2) is 6.93. The predicted molar refractivity (Wildman–Crippen MR) is 106 cm³/mol. The summed E-state index contributed by atoms with van der Waals surface area (Å²) in [5.74, 6) is 0.0969. The van der Waals surface area contributed by atoms with Crippen molar-refractivity contribution in [2.45, 2.75) is 26.2 Å². The van der Waals surface area contributed by atoms with Gasteiger partial charge < -0.3 is 9.32 Å². The van der Waals surface area contributed by atoms with Crippen molar-refractivity contribution in [3.8, 4) is 11.3 Å². The summed E-state index contributed by atoms with van der Waals surface area (Å²) < 4.78 is 20.1. The number of ketones is 1. The number of fused-ring (bicyclic) bond motifs is 1. The van der Waals surface area contributed by atoms with Crippen LogP contribution in [0.2, 0.25) is 0 Å². The lowest BCUT2D eigenvalue weighted by Gasteiger charge is -2.17. The molecule has 0 radical (unpaired) electrons. The summed E-state index contributed by atoms with van der Waals surface area (Å²) in [4.78, 5) is 26.5. The SMILES string of the molecule is CCC(=O)c1c(-c2ccc(F)cc2)oc2cc(N3CCCC3=O)c(Br)cc12. The van der Waals surface area contributed by atoms with Crippen molar-refractivity contribution < 1.29 is 18.4 Å². The monoisotopic (exact) mass is 429 g/mol. The van der Waals surface area contributed by atoms with Gasteiger partial charge in [0.1, 0.15) is 17.2 Å². The van der Waals surface area contributed by atoms with E-state index >= 15 is 0 Å². The third-order valence-electron chi connectivity index (χ3n) is 4.83. The van der Waals surface area contributed by atoms with E-state index < -0.39 is 0 Å². The molecule has 0 spiro atoms. The molecule has 0 aliphatic carbocycles. The number of anilines is 1. The molecule has 0 N–H and O–H groups in total. The van der Waals surface area contributed by atoms with Gasteiger partial charge in [0.15, 0.2) is 5.78 Å². The summed E-state index contributed by atoms with van der Waals surface area (Å²) in [6.07, 6.45) is 1.68. The molecular weight excluding hydrogens is 413 g/mol. The fraction of sp³-hybridized carbons (Fsp3) is 0.238. The second-order valence-corrected chi connectivity index (χ2v) is 7.39. The van der Waals surface area contributed by atoms with Gasteiger partial charge in [0.05, 0.1) is 11.3 Å². The van der Waals surface area contributed by atoms with Crippen LogP contribution in [0.1, 0.15) is 36.5 Å². The molecule has 1 aliphatic rings. The van der Waals surface area contributed by atoms with E-state index in [1.54, 1.807) is 30.0 Å². The average molecular weight is 430 g/mol. The summed E-state index contributed by atoms with van der Waals surface area (Å²) in [6.45, 7) is 2.46. The predicted octanol–water partition coefficient (Wildman–Crippen LogP) is 5.72. The van der Waals surface area contributed by atoms with Crippen LogP contribution >= 0.6 is 15.9 Å². The van der Waals surface area contributed by atoms with Crippen LogP contribution in [0.5, 0.6) is 0 Å². The molecule has 0 saturated carbocycles. The molecular formula is C21H17BrFNO3. The van der Waals surface area contributed by atoms with Crippen LogP contribution in [-0.2, 0) is 4.79 Å². The number of amides is 1.